The Labute approximate surface area is 109 Å². The summed E-state index contributed by atoms with van der Waals surface area (Å²) in [5.41, 5.74) is 1.14. The smallest absolute Gasteiger partial charge is 0.157 e. The molecular weight excluding hydrogens is 226 g/mol. The van der Waals surface area contributed by atoms with Crippen molar-refractivity contribution in [3.8, 4) is 0 Å². The van der Waals surface area contributed by atoms with Gasteiger partial charge in [-0.05, 0) is 25.7 Å². The third-order valence-electron chi connectivity index (χ3n) is 3.10. The van der Waals surface area contributed by atoms with E-state index in [1.165, 1.54) is 12.8 Å². The minimum absolute atomic E-state index is 0.000409. The Kier molecular flexibility index (Phi) is 4.66. The second kappa shape index (κ2) is 6.25. The monoisotopic (exact) mass is 249 g/mol. The quantitative estimate of drug-likeness (QED) is 0.806. The molecule has 18 heavy (non-hydrogen) atoms. The fourth-order valence-electron chi connectivity index (χ4n) is 1.90. The maximum atomic E-state index is 5.70. The summed E-state index contributed by atoms with van der Waals surface area (Å²) in [4.78, 5) is 8.88. The summed E-state index contributed by atoms with van der Waals surface area (Å²) in [6, 6.07) is 0.719. The first kappa shape index (κ1) is 13.4. The topological polar surface area (TPSA) is 47.0 Å². The van der Waals surface area contributed by atoms with Gasteiger partial charge in [0.1, 0.15) is 6.10 Å². The van der Waals surface area contributed by atoms with Crippen molar-refractivity contribution in [1.29, 1.82) is 0 Å². The molecule has 0 aromatic carbocycles. The zero-order valence-corrected chi connectivity index (χ0v) is 11.5. The lowest BCUT2D eigenvalue weighted by atomic mass is 10.1. The first-order valence-electron chi connectivity index (χ1n) is 6.86. The van der Waals surface area contributed by atoms with E-state index in [4.69, 9.17) is 4.74 Å². The highest BCUT2D eigenvalue weighted by atomic mass is 16.5. The molecule has 0 amide bonds. The summed E-state index contributed by atoms with van der Waals surface area (Å²) in [7, 11) is 0. The highest BCUT2D eigenvalue weighted by Gasteiger charge is 2.21. The van der Waals surface area contributed by atoms with Crippen molar-refractivity contribution in [2.45, 2.75) is 52.3 Å². The van der Waals surface area contributed by atoms with Gasteiger partial charge in [0.25, 0.3) is 0 Å². The summed E-state index contributed by atoms with van der Waals surface area (Å²) in [6.07, 6.45) is 6.43. The van der Waals surface area contributed by atoms with Gasteiger partial charge in [0.15, 0.2) is 5.82 Å². The highest BCUT2D eigenvalue weighted by Crippen LogP contribution is 2.22. The average Bonchev–Trinajstić information content (AvgIpc) is 3.18. The number of ether oxygens (including phenoxy) is 1. The van der Waals surface area contributed by atoms with Crippen LogP contribution in [-0.2, 0) is 11.3 Å². The Balaban J connectivity index is 1.95. The van der Waals surface area contributed by atoms with E-state index >= 15 is 0 Å². The number of nitrogens with one attached hydrogen (secondary N) is 1. The summed E-state index contributed by atoms with van der Waals surface area (Å²) in [5, 5.41) is 3.46. The number of aromatic nitrogens is 2. The highest BCUT2D eigenvalue weighted by molar-refractivity contribution is 5.07. The van der Waals surface area contributed by atoms with Crippen molar-refractivity contribution in [1.82, 2.24) is 15.3 Å². The molecule has 0 radical (unpaired) electrons. The molecule has 1 aliphatic carbocycles. The molecule has 1 saturated carbocycles. The first-order valence-corrected chi connectivity index (χ1v) is 6.86. The van der Waals surface area contributed by atoms with Crippen LogP contribution in [0.25, 0.3) is 0 Å². The minimum atomic E-state index is 0.000409. The molecule has 0 spiro atoms. The molecule has 1 atom stereocenters. The first-order chi connectivity index (χ1) is 8.70. The van der Waals surface area contributed by atoms with Crippen molar-refractivity contribution in [3.05, 3.63) is 23.8 Å². The van der Waals surface area contributed by atoms with Gasteiger partial charge < -0.3 is 10.1 Å². The van der Waals surface area contributed by atoms with Crippen LogP contribution in [0.15, 0.2) is 12.4 Å². The molecule has 4 nitrogen and oxygen atoms in total. The van der Waals surface area contributed by atoms with E-state index in [0.717, 1.165) is 24.0 Å². The Bertz CT molecular complexity index is 360. The van der Waals surface area contributed by atoms with Crippen molar-refractivity contribution in [2.24, 2.45) is 5.92 Å². The van der Waals surface area contributed by atoms with E-state index in [9.17, 15) is 0 Å². The van der Waals surface area contributed by atoms with Crippen molar-refractivity contribution >= 4 is 0 Å². The predicted molar refractivity (Wildman–Crippen MR) is 71.1 cm³/mol. The van der Waals surface area contributed by atoms with E-state index in [1.54, 1.807) is 0 Å². The Morgan fingerprint density at radius 3 is 2.50 bits per heavy atom. The molecule has 0 bridgehead atoms. The Morgan fingerprint density at radius 2 is 2.00 bits per heavy atom. The van der Waals surface area contributed by atoms with Gasteiger partial charge in [-0.2, -0.15) is 0 Å². The molecule has 1 aromatic rings. The summed E-state index contributed by atoms with van der Waals surface area (Å²) >= 11 is 0. The number of rotatable bonds is 7. The van der Waals surface area contributed by atoms with Gasteiger partial charge in [-0.25, -0.2) is 9.97 Å². The molecule has 1 aromatic heterocycles. The molecule has 1 heterocycles. The van der Waals surface area contributed by atoms with Crippen molar-refractivity contribution < 1.29 is 4.74 Å². The van der Waals surface area contributed by atoms with Crippen LogP contribution < -0.4 is 5.32 Å². The Morgan fingerprint density at radius 1 is 1.33 bits per heavy atom. The second-order valence-corrected chi connectivity index (χ2v) is 5.22. The molecule has 1 N–H and O–H groups in total. The number of nitrogens with zero attached hydrogens (tertiary/aromatic N) is 2. The molecule has 1 aliphatic rings. The van der Waals surface area contributed by atoms with Gasteiger partial charge in [0, 0.05) is 37.2 Å². The fourth-order valence-corrected chi connectivity index (χ4v) is 1.90. The van der Waals surface area contributed by atoms with E-state index in [2.05, 4.69) is 29.1 Å². The van der Waals surface area contributed by atoms with Crippen molar-refractivity contribution in [3.63, 3.8) is 0 Å². The average molecular weight is 249 g/mol. The van der Waals surface area contributed by atoms with Gasteiger partial charge in [-0.3, -0.25) is 0 Å². The Hall–Kier alpha value is -1.00. The van der Waals surface area contributed by atoms with Crippen LogP contribution in [0.4, 0.5) is 0 Å². The van der Waals surface area contributed by atoms with Crippen LogP contribution in [0.3, 0.4) is 0 Å². The van der Waals surface area contributed by atoms with E-state index in [-0.39, 0.29) is 6.10 Å². The lowest BCUT2D eigenvalue weighted by Crippen LogP contribution is -2.17. The fraction of sp³-hybridized carbons (Fsp3) is 0.714. The zero-order chi connectivity index (χ0) is 13.0. The van der Waals surface area contributed by atoms with E-state index in [0.29, 0.717) is 12.5 Å². The summed E-state index contributed by atoms with van der Waals surface area (Å²) in [6.45, 7) is 7.82. The van der Waals surface area contributed by atoms with Crippen molar-refractivity contribution in [2.75, 3.05) is 6.61 Å². The van der Waals surface area contributed by atoms with Gasteiger partial charge >= 0.3 is 0 Å². The molecule has 4 heteroatoms. The number of hydrogen-bond donors (Lipinski definition) is 1. The molecular formula is C14H23N3O. The molecule has 2 rings (SSSR count). The van der Waals surface area contributed by atoms with Crippen LogP contribution in [0.5, 0.6) is 0 Å². The lowest BCUT2D eigenvalue weighted by Gasteiger charge is -2.19. The lowest BCUT2D eigenvalue weighted by molar-refractivity contribution is 0.0231. The standard InChI is InChI=1S/C14H23N3O/c1-4-18-13(10(2)3)14-16-8-11(9-17-14)7-15-12-5-6-12/h8-10,12-13,15H,4-7H2,1-3H3. The van der Waals surface area contributed by atoms with Gasteiger partial charge in [0.05, 0.1) is 0 Å². The second-order valence-electron chi connectivity index (χ2n) is 5.22. The van der Waals surface area contributed by atoms with Gasteiger partial charge in [0.2, 0.25) is 0 Å². The molecule has 100 valence electrons. The van der Waals surface area contributed by atoms with Crippen LogP contribution in [-0.4, -0.2) is 22.6 Å². The number of hydrogen-bond acceptors (Lipinski definition) is 4. The van der Waals surface area contributed by atoms with Crippen LogP contribution in [0, 0.1) is 5.92 Å². The third-order valence-corrected chi connectivity index (χ3v) is 3.10. The van der Waals surface area contributed by atoms with Crippen LogP contribution in [0.1, 0.15) is 51.1 Å². The maximum Gasteiger partial charge on any atom is 0.157 e. The SMILES string of the molecule is CCOC(c1ncc(CNC2CC2)cn1)C(C)C. The largest absolute Gasteiger partial charge is 0.370 e. The van der Waals surface area contributed by atoms with Gasteiger partial charge in [-0.15, -0.1) is 0 Å². The van der Waals surface area contributed by atoms with E-state index < -0.39 is 0 Å². The van der Waals surface area contributed by atoms with E-state index in [1.807, 2.05) is 19.3 Å². The summed E-state index contributed by atoms with van der Waals surface area (Å²) in [5.74, 6) is 1.18. The minimum Gasteiger partial charge on any atom is -0.370 e. The third kappa shape index (κ3) is 3.75. The van der Waals surface area contributed by atoms with Crippen LogP contribution >= 0.6 is 0 Å². The molecule has 1 unspecified atom stereocenters. The predicted octanol–water partition coefficient (Wildman–Crippen LogP) is 2.46. The summed E-state index contributed by atoms with van der Waals surface area (Å²) < 4.78 is 5.70. The zero-order valence-electron chi connectivity index (χ0n) is 11.5. The normalized spacial score (nSPS) is 17.1. The maximum absolute atomic E-state index is 5.70. The molecule has 0 saturated heterocycles. The molecule has 1 fully saturated rings. The van der Waals surface area contributed by atoms with Crippen LogP contribution in [0.2, 0.25) is 0 Å². The van der Waals surface area contributed by atoms with Gasteiger partial charge in [-0.1, -0.05) is 13.8 Å². The molecule has 0 aliphatic heterocycles.